The molecule has 0 aromatic heterocycles. The molecule has 4 nitrogen and oxygen atoms in total. The molecule has 1 aliphatic rings. The van der Waals surface area contributed by atoms with Gasteiger partial charge in [0.15, 0.2) is 6.10 Å². The molecule has 1 fully saturated rings. The number of carbonyl (C=O) groups excluding carboxylic acids is 1. The Kier molecular flexibility index (Phi) is 5.43. The van der Waals surface area contributed by atoms with Crippen LogP contribution in [0.15, 0.2) is 24.3 Å². The van der Waals surface area contributed by atoms with Gasteiger partial charge in [0.1, 0.15) is 11.8 Å². The smallest absolute Gasteiger partial charge is 0.263 e. The first-order valence-electron chi connectivity index (χ1n) is 7.97. The summed E-state index contributed by atoms with van der Waals surface area (Å²) in [5.74, 6) is 1.26. The van der Waals surface area contributed by atoms with Crippen molar-refractivity contribution in [1.82, 2.24) is 4.90 Å². The fourth-order valence-electron chi connectivity index (χ4n) is 2.68. The van der Waals surface area contributed by atoms with Crippen molar-refractivity contribution in [3.05, 3.63) is 29.8 Å². The number of nitriles is 1. The first-order chi connectivity index (χ1) is 10.5. The Hall–Kier alpha value is -2.02. The van der Waals surface area contributed by atoms with Crippen molar-refractivity contribution in [1.29, 1.82) is 5.26 Å². The number of para-hydroxylation sites is 1. The minimum Gasteiger partial charge on any atom is -0.479 e. The van der Waals surface area contributed by atoms with E-state index in [1.807, 2.05) is 24.8 Å². The minimum absolute atomic E-state index is 0.0367. The molecule has 1 aliphatic heterocycles. The predicted molar refractivity (Wildman–Crippen MR) is 85.4 cm³/mol. The Morgan fingerprint density at radius 3 is 2.55 bits per heavy atom. The van der Waals surface area contributed by atoms with E-state index in [1.165, 1.54) is 0 Å². The third-order valence-electron chi connectivity index (χ3n) is 4.21. The van der Waals surface area contributed by atoms with Gasteiger partial charge in [0.2, 0.25) is 0 Å². The zero-order valence-corrected chi connectivity index (χ0v) is 13.6. The van der Waals surface area contributed by atoms with Gasteiger partial charge in [-0.15, -0.1) is 0 Å². The lowest BCUT2D eigenvalue weighted by molar-refractivity contribution is -0.142. The summed E-state index contributed by atoms with van der Waals surface area (Å²) < 4.78 is 5.93. The number of hydrogen-bond donors (Lipinski definition) is 0. The molecular weight excluding hydrogens is 276 g/mol. The van der Waals surface area contributed by atoms with Gasteiger partial charge < -0.3 is 9.64 Å². The highest BCUT2D eigenvalue weighted by atomic mass is 16.5. The molecule has 1 saturated heterocycles. The molecule has 0 radical (unpaired) electrons. The normalized spacial score (nSPS) is 17.1. The van der Waals surface area contributed by atoms with E-state index in [1.54, 1.807) is 18.2 Å². The highest BCUT2D eigenvalue weighted by molar-refractivity contribution is 5.81. The summed E-state index contributed by atoms with van der Waals surface area (Å²) in [4.78, 5) is 14.7. The number of rotatable bonds is 4. The zero-order valence-electron chi connectivity index (χ0n) is 13.6. The van der Waals surface area contributed by atoms with Crippen molar-refractivity contribution in [3.8, 4) is 11.8 Å². The first kappa shape index (κ1) is 16.4. The van der Waals surface area contributed by atoms with Crippen LogP contribution < -0.4 is 4.74 Å². The van der Waals surface area contributed by atoms with E-state index in [0.717, 1.165) is 25.9 Å². The zero-order chi connectivity index (χ0) is 16.1. The lowest BCUT2D eigenvalue weighted by Crippen LogP contribution is -2.47. The van der Waals surface area contributed by atoms with E-state index in [0.29, 0.717) is 17.2 Å². The van der Waals surface area contributed by atoms with Crippen LogP contribution in [0.1, 0.15) is 39.2 Å². The molecule has 1 aromatic carbocycles. The minimum atomic E-state index is -0.539. The monoisotopic (exact) mass is 300 g/mol. The average molecular weight is 300 g/mol. The third kappa shape index (κ3) is 3.79. The van der Waals surface area contributed by atoms with Crippen LogP contribution in [0.2, 0.25) is 0 Å². The van der Waals surface area contributed by atoms with Crippen LogP contribution in [0.5, 0.6) is 5.75 Å². The van der Waals surface area contributed by atoms with Crippen LogP contribution >= 0.6 is 0 Å². The molecule has 0 saturated carbocycles. The molecule has 1 amide bonds. The molecule has 118 valence electrons. The summed E-state index contributed by atoms with van der Waals surface area (Å²) in [6, 6.07) is 9.19. The summed E-state index contributed by atoms with van der Waals surface area (Å²) >= 11 is 0. The number of amides is 1. The molecule has 0 spiro atoms. The van der Waals surface area contributed by atoms with Gasteiger partial charge in [-0.1, -0.05) is 32.9 Å². The third-order valence-corrected chi connectivity index (χ3v) is 4.21. The highest BCUT2D eigenvalue weighted by Gasteiger charge is 2.31. The van der Waals surface area contributed by atoms with Crippen molar-refractivity contribution >= 4 is 5.91 Å². The van der Waals surface area contributed by atoms with E-state index in [4.69, 9.17) is 10.00 Å². The molecule has 0 aliphatic carbocycles. The molecule has 1 atom stereocenters. The van der Waals surface area contributed by atoms with Gasteiger partial charge in [0, 0.05) is 13.1 Å². The second-order valence-electron chi connectivity index (χ2n) is 6.40. The topological polar surface area (TPSA) is 53.3 Å². The van der Waals surface area contributed by atoms with Crippen molar-refractivity contribution in [2.24, 2.45) is 11.8 Å². The van der Waals surface area contributed by atoms with Crippen molar-refractivity contribution in [2.75, 3.05) is 13.1 Å². The van der Waals surface area contributed by atoms with E-state index < -0.39 is 6.10 Å². The van der Waals surface area contributed by atoms with Crippen molar-refractivity contribution in [2.45, 2.75) is 39.7 Å². The first-order valence-corrected chi connectivity index (χ1v) is 7.97. The lowest BCUT2D eigenvalue weighted by atomic mass is 9.97. The summed E-state index contributed by atoms with van der Waals surface area (Å²) in [7, 11) is 0. The average Bonchev–Trinajstić information content (AvgIpc) is 2.52. The van der Waals surface area contributed by atoms with Crippen LogP contribution in [0.25, 0.3) is 0 Å². The Bertz CT molecular complexity index is 554. The summed E-state index contributed by atoms with van der Waals surface area (Å²) in [5, 5.41) is 9.16. The Labute approximate surface area is 132 Å². The van der Waals surface area contributed by atoms with Crippen LogP contribution in [0, 0.1) is 23.2 Å². The van der Waals surface area contributed by atoms with Gasteiger partial charge in [-0.2, -0.15) is 5.26 Å². The summed E-state index contributed by atoms with van der Waals surface area (Å²) in [5.41, 5.74) is 0.466. The quantitative estimate of drug-likeness (QED) is 0.858. The Morgan fingerprint density at radius 1 is 1.32 bits per heavy atom. The largest absolute Gasteiger partial charge is 0.479 e. The maximum Gasteiger partial charge on any atom is 0.263 e. The number of carbonyl (C=O) groups is 1. The second-order valence-corrected chi connectivity index (χ2v) is 6.40. The molecule has 0 bridgehead atoms. The number of ether oxygens (including phenoxy) is 1. The van der Waals surface area contributed by atoms with E-state index in [9.17, 15) is 4.79 Å². The van der Waals surface area contributed by atoms with Gasteiger partial charge in [-0.25, -0.2) is 0 Å². The van der Waals surface area contributed by atoms with Gasteiger partial charge in [-0.05, 0) is 36.8 Å². The molecule has 22 heavy (non-hydrogen) atoms. The van der Waals surface area contributed by atoms with Crippen molar-refractivity contribution in [3.63, 3.8) is 0 Å². The van der Waals surface area contributed by atoms with E-state index >= 15 is 0 Å². The molecule has 1 heterocycles. The number of benzene rings is 1. The summed E-state index contributed by atoms with van der Waals surface area (Å²) in [6.07, 6.45) is 1.55. The maximum atomic E-state index is 12.8. The molecular formula is C18H24N2O2. The van der Waals surface area contributed by atoms with Gasteiger partial charge in [-0.3, -0.25) is 4.79 Å². The highest BCUT2D eigenvalue weighted by Crippen LogP contribution is 2.23. The SMILES string of the molecule is CC1CCN(C(=O)C(Oc2ccccc2C#N)C(C)C)CC1. The van der Waals surface area contributed by atoms with Gasteiger partial charge in [0.05, 0.1) is 5.56 Å². The Morgan fingerprint density at radius 2 is 1.95 bits per heavy atom. The fourth-order valence-corrected chi connectivity index (χ4v) is 2.68. The fraction of sp³-hybridized carbons (Fsp3) is 0.556. The number of piperidine rings is 1. The molecule has 1 aromatic rings. The molecule has 2 rings (SSSR count). The van der Waals surface area contributed by atoms with Crippen LogP contribution in [0.4, 0.5) is 0 Å². The van der Waals surface area contributed by atoms with Crippen LogP contribution in [-0.2, 0) is 4.79 Å². The number of nitrogens with zero attached hydrogens (tertiary/aromatic N) is 2. The molecule has 4 heteroatoms. The number of hydrogen-bond acceptors (Lipinski definition) is 3. The van der Waals surface area contributed by atoms with E-state index in [2.05, 4.69) is 13.0 Å². The van der Waals surface area contributed by atoms with Gasteiger partial charge in [0.25, 0.3) is 5.91 Å². The maximum absolute atomic E-state index is 12.8. The predicted octanol–water partition coefficient (Wildman–Crippen LogP) is 3.22. The molecule has 1 unspecified atom stereocenters. The Balaban J connectivity index is 2.13. The van der Waals surface area contributed by atoms with Crippen LogP contribution in [-0.4, -0.2) is 30.0 Å². The standard InChI is InChI=1S/C18H24N2O2/c1-13(2)17(18(21)20-10-8-14(3)9-11-20)22-16-7-5-4-6-15(16)12-19/h4-7,13-14,17H,8-11H2,1-3H3. The van der Waals surface area contributed by atoms with Crippen molar-refractivity contribution < 1.29 is 9.53 Å². The lowest BCUT2D eigenvalue weighted by Gasteiger charge is -2.34. The summed E-state index contributed by atoms with van der Waals surface area (Å²) in [6.45, 7) is 7.77. The number of likely N-dealkylation sites (tertiary alicyclic amines) is 1. The van der Waals surface area contributed by atoms with Gasteiger partial charge >= 0.3 is 0 Å². The van der Waals surface area contributed by atoms with Crippen LogP contribution in [0.3, 0.4) is 0 Å². The molecule has 0 N–H and O–H groups in total. The van der Waals surface area contributed by atoms with E-state index in [-0.39, 0.29) is 11.8 Å². The second kappa shape index (κ2) is 7.31.